The van der Waals surface area contributed by atoms with Crippen molar-refractivity contribution in [3.8, 4) is 0 Å². The van der Waals surface area contributed by atoms with Crippen molar-refractivity contribution in [2.45, 2.75) is 18.9 Å². The van der Waals surface area contributed by atoms with E-state index in [1.54, 1.807) is 18.2 Å². The number of carbonyl (C=O) groups is 2. The molecule has 7 heteroatoms. The molecule has 0 aliphatic carbocycles. The minimum Gasteiger partial charge on any atom is -0.480 e. The molecule has 108 valence electrons. The molecule has 0 bridgehead atoms. The molecular weight excluding hydrogens is 282 g/mol. The fourth-order valence-electron chi connectivity index (χ4n) is 2.05. The van der Waals surface area contributed by atoms with Gasteiger partial charge < -0.3 is 21.1 Å². The Morgan fingerprint density at radius 3 is 2.75 bits per heavy atom. The molecule has 20 heavy (non-hydrogen) atoms. The normalized spacial score (nSPS) is 21.9. The number of carboxylic acids is 1. The molecule has 0 aromatic heterocycles. The van der Waals surface area contributed by atoms with Gasteiger partial charge in [0.2, 0.25) is 0 Å². The van der Waals surface area contributed by atoms with E-state index in [4.69, 9.17) is 22.4 Å². The second-order valence-electron chi connectivity index (χ2n) is 5.03. The molecule has 0 spiro atoms. The first-order valence-corrected chi connectivity index (χ1v) is 6.54. The van der Waals surface area contributed by atoms with Gasteiger partial charge in [0.05, 0.1) is 6.54 Å². The summed E-state index contributed by atoms with van der Waals surface area (Å²) in [5, 5.41) is 12.3. The van der Waals surface area contributed by atoms with Crippen LogP contribution in [0.4, 0.5) is 10.5 Å². The maximum atomic E-state index is 12.0. The lowest BCUT2D eigenvalue weighted by Crippen LogP contribution is -2.51. The quantitative estimate of drug-likeness (QED) is 0.773. The van der Waals surface area contributed by atoms with Gasteiger partial charge in [0.15, 0.2) is 0 Å². The second-order valence-corrected chi connectivity index (χ2v) is 5.43. The Morgan fingerprint density at radius 1 is 1.50 bits per heavy atom. The maximum Gasteiger partial charge on any atom is 0.325 e. The Hall–Kier alpha value is -1.79. The summed E-state index contributed by atoms with van der Waals surface area (Å²) in [5.41, 5.74) is 5.85. The molecule has 1 aliphatic rings. The van der Waals surface area contributed by atoms with Crippen LogP contribution in [0.25, 0.3) is 0 Å². The van der Waals surface area contributed by atoms with Crippen LogP contribution in [0.15, 0.2) is 18.2 Å². The highest BCUT2D eigenvalue weighted by atomic mass is 35.5. The summed E-state index contributed by atoms with van der Waals surface area (Å²) in [6.07, 6.45) is 0.240. The van der Waals surface area contributed by atoms with E-state index in [9.17, 15) is 9.59 Å². The number of nitrogens with two attached hydrogens (primary N) is 1. The van der Waals surface area contributed by atoms with Crippen LogP contribution in [0.2, 0.25) is 5.02 Å². The number of nitrogens with one attached hydrogen (secondary N) is 1. The summed E-state index contributed by atoms with van der Waals surface area (Å²) >= 11 is 5.98. The molecule has 1 unspecified atom stereocenters. The molecule has 0 saturated carbocycles. The summed E-state index contributed by atoms with van der Waals surface area (Å²) in [7, 11) is 0. The standard InChI is InChI=1S/C13H16ClN3O3/c1-8-2-3-9(6-10(8)14)16-12(20)17-5-4-13(15,7-17)11(18)19/h2-3,6H,4-5,7,15H2,1H3,(H,16,20)(H,18,19). The highest BCUT2D eigenvalue weighted by molar-refractivity contribution is 6.31. The smallest absolute Gasteiger partial charge is 0.325 e. The van der Waals surface area contributed by atoms with Crippen molar-refractivity contribution in [1.29, 1.82) is 0 Å². The van der Waals surface area contributed by atoms with Crippen LogP contribution < -0.4 is 11.1 Å². The zero-order valence-corrected chi connectivity index (χ0v) is 11.8. The second kappa shape index (κ2) is 5.30. The summed E-state index contributed by atoms with van der Waals surface area (Å²) in [4.78, 5) is 24.5. The van der Waals surface area contributed by atoms with Crippen LogP contribution >= 0.6 is 11.6 Å². The minimum atomic E-state index is -1.36. The average molecular weight is 298 g/mol. The fourth-order valence-corrected chi connectivity index (χ4v) is 2.23. The highest BCUT2D eigenvalue weighted by Gasteiger charge is 2.42. The lowest BCUT2D eigenvalue weighted by Gasteiger charge is -2.20. The van der Waals surface area contributed by atoms with E-state index in [2.05, 4.69) is 5.32 Å². The van der Waals surface area contributed by atoms with E-state index in [0.717, 1.165) is 5.56 Å². The third kappa shape index (κ3) is 2.86. The van der Waals surface area contributed by atoms with Crippen molar-refractivity contribution < 1.29 is 14.7 Å². The number of carboxylic acid groups (broad SMARTS) is 1. The van der Waals surface area contributed by atoms with E-state index < -0.39 is 11.5 Å². The lowest BCUT2D eigenvalue weighted by atomic mass is 10.0. The van der Waals surface area contributed by atoms with E-state index in [0.29, 0.717) is 17.3 Å². The molecule has 6 nitrogen and oxygen atoms in total. The van der Waals surface area contributed by atoms with E-state index in [1.165, 1.54) is 4.90 Å². The highest BCUT2D eigenvalue weighted by Crippen LogP contribution is 2.22. The third-order valence-electron chi connectivity index (χ3n) is 3.44. The molecule has 4 N–H and O–H groups in total. The van der Waals surface area contributed by atoms with Crippen molar-refractivity contribution in [1.82, 2.24) is 4.90 Å². The number of anilines is 1. The summed E-state index contributed by atoms with van der Waals surface area (Å²) in [5.74, 6) is -1.09. The van der Waals surface area contributed by atoms with Gasteiger partial charge in [-0.15, -0.1) is 0 Å². The van der Waals surface area contributed by atoms with Gasteiger partial charge in [0, 0.05) is 17.3 Å². The first-order valence-electron chi connectivity index (χ1n) is 6.16. The Labute approximate surface area is 121 Å². The van der Waals surface area contributed by atoms with Gasteiger partial charge in [-0.2, -0.15) is 0 Å². The first kappa shape index (κ1) is 14.6. The predicted octanol–water partition coefficient (Wildman–Crippen LogP) is 1.67. The summed E-state index contributed by atoms with van der Waals surface area (Å²) in [6.45, 7) is 2.17. The number of amides is 2. The van der Waals surface area contributed by atoms with Crippen LogP contribution in [0.5, 0.6) is 0 Å². The van der Waals surface area contributed by atoms with Crippen molar-refractivity contribution in [3.63, 3.8) is 0 Å². The van der Waals surface area contributed by atoms with Gasteiger partial charge >= 0.3 is 12.0 Å². The number of aliphatic carboxylic acids is 1. The number of benzene rings is 1. The fraction of sp³-hybridized carbons (Fsp3) is 0.385. The first-order chi connectivity index (χ1) is 9.32. The van der Waals surface area contributed by atoms with Gasteiger partial charge in [-0.3, -0.25) is 4.79 Å². The Morgan fingerprint density at radius 2 is 2.20 bits per heavy atom. The third-order valence-corrected chi connectivity index (χ3v) is 3.84. The zero-order valence-electron chi connectivity index (χ0n) is 11.0. The van der Waals surface area contributed by atoms with E-state index >= 15 is 0 Å². The molecule has 1 aromatic carbocycles. The number of aryl methyl sites for hydroxylation is 1. The molecular formula is C13H16ClN3O3. The largest absolute Gasteiger partial charge is 0.480 e. The number of urea groups is 1. The zero-order chi connectivity index (χ0) is 14.9. The molecule has 2 rings (SSSR count). The maximum absolute atomic E-state index is 12.0. The van der Waals surface area contributed by atoms with Gasteiger partial charge in [-0.05, 0) is 31.0 Å². The van der Waals surface area contributed by atoms with Crippen molar-refractivity contribution >= 4 is 29.3 Å². The van der Waals surface area contributed by atoms with Gasteiger partial charge in [-0.1, -0.05) is 17.7 Å². The SMILES string of the molecule is Cc1ccc(NC(=O)N2CCC(N)(C(=O)O)C2)cc1Cl. The lowest BCUT2D eigenvalue weighted by molar-refractivity contribution is -0.142. The van der Waals surface area contributed by atoms with Gasteiger partial charge in [-0.25, -0.2) is 4.79 Å². The van der Waals surface area contributed by atoms with Crippen LogP contribution in [0, 0.1) is 6.92 Å². The van der Waals surface area contributed by atoms with E-state index in [-0.39, 0.29) is 19.0 Å². The van der Waals surface area contributed by atoms with Gasteiger partial charge in [0.25, 0.3) is 0 Å². The number of rotatable bonds is 2. The average Bonchev–Trinajstić information content (AvgIpc) is 2.78. The number of halogens is 1. The van der Waals surface area contributed by atoms with Crippen LogP contribution in [-0.2, 0) is 4.79 Å². The Kier molecular flexibility index (Phi) is 3.87. The Bertz CT molecular complexity index is 564. The summed E-state index contributed by atoms with van der Waals surface area (Å²) < 4.78 is 0. The number of hydrogen-bond acceptors (Lipinski definition) is 3. The predicted molar refractivity (Wildman–Crippen MR) is 76.0 cm³/mol. The van der Waals surface area contributed by atoms with Gasteiger partial charge in [0.1, 0.15) is 5.54 Å². The van der Waals surface area contributed by atoms with Crippen LogP contribution in [-0.4, -0.2) is 40.6 Å². The molecule has 1 aliphatic heterocycles. The monoisotopic (exact) mass is 297 g/mol. The van der Waals surface area contributed by atoms with Crippen LogP contribution in [0.3, 0.4) is 0 Å². The van der Waals surface area contributed by atoms with Crippen molar-refractivity contribution in [2.75, 3.05) is 18.4 Å². The molecule has 0 radical (unpaired) electrons. The van der Waals surface area contributed by atoms with Crippen molar-refractivity contribution in [2.24, 2.45) is 5.73 Å². The number of nitrogens with zero attached hydrogens (tertiary/aromatic N) is 1. The number of likely N-dealkylation sites (tertiary alicyclic amines) is 1. The minimum absolute atomic E-state index is 0.00619. The van der Waals surface area contributed by atoms with Crippen molar-refractivity contribution in [3.05, 3.63) is 28.8 Å². The Balaban J connectivity index is 2.03. The molecule has 1 fully saturated rings. The number of hydrogen-bond donors (Lipinski definition) is 3. The molecule has 2 amide bonds. The molecule has 1 heterocycles. The van der Waals surface area contributed by atoms with E-state index in [1.807, 2.05) is 6.92 Å². The van der Waals surface area contributed by atoms with Crippen LogP contribution in [0.1, 0.15) is 12.0 Å². The summed E-state index contributed by atoms with van der Waals surface area (Å²) in [6, 6.07) is 4.81. The molecule has 1 atom stereocenters. The molecule has 1 saturated heterocycles. The number of carbonyl (C=O) groups excluding carboxylic acids is 1. The molecule has 1 aromatic rings. The topological polar surface area (TPSA) is 95.7 Å².